The number of rotatable bonds is 8. The molecular formula is C12H23N3O. The molecule has 92 valence electrons. The number of hydrogen-bond acceptors (Lipinski definition) is 4. The molecule has 1 heterocycles. The third kappa shape index (κ3) is 5.45. The molecule has 1 atom stereocenters. The van der Waals surface area contributed by atoms with E-state index in [1.165, 1.54) is 12.8 Å². The first kappa shape index (κ1) is 13.4. The number of unbranched alkanes of at least 4 members (excludes halogenated alkanes) is 1. The van der Waals surface area contributed by atoms with Gasteiger partial charge in [0, 0.05) is 32.7 Å². The van der Waals surface area contributed by atoms with Gasteiger partial charge >= 0.3 is 0 Å². The van der Waals surface area contributed by atoms with Crippen molar-refractivity contribution in [1.82, 2.24) is 10.2 Å². The van der Waals surface area contributed by atoms with Crippen molar-refractivity contribution in [2.24, 2.45) is 0 Å². The van der Waals surface area contributed by atoms with Gasteiger partial charge in [0.1, 0.15) is 0 Å². The highest BCUT2D eigenvalue weighted by Gasteiger charge is 2.17. The Morgan fingerprint density at radius 3 is 3.00 bits per heavy atom. The van der Waals surface area contributed by atoms with Crippen LogP contribution in [0.25, 0.3) is 0 Å². The second-order valence-corrected chi connectivity index (χ2v) is 4.35. The highest BCUT2D eigenvalue weighted by atomic mass is 16.5. The van der Waals surface area contributed by atoms with E-state index in [2.05, 4.69) is 16.3 Å². The maximum absolute atomic E-state index is 8.53. The van der Waals surface area contributed by atoms with Crippen molar-refractivity contribution in [3.05, 3.63) is 0 Å². The molecule has 1 aliphatic rings. The van der Waals surface area contributed by atoms with Crippen LogP contribution in [-0.4, -0.2) is 50.8 Å². The third-order valence-corrected chi connectivity index (χ3v) is 3.02. The monoisotopic (exact) mass is 225 g/mol. The van der Waals surface area contributed by atoms with E-state index in [0.29, 0.717) is 12.5 Å². The summed E-state index contributed by atoms with van der Waals surface area (Å²) in [6.07, 6.45) is 4.19. The van der Waals surface area contributed by atoms with Crippen LogP contribution < -0.4 is 5.32 Å². The number of nitriles is 1. The summed E-state index contributed by atoms with van der Waals surface area (Å²) >= 11 is 0. The molecule has 0 aromatic heterocycles. The summed E-state index contributed by atoms with van der Waals surface area (Å²) in [7, 11) is 1.74. The molecule has 0 spiro atoms. The molecule has 1 saturated heterocycles. The lowest BCUT2D eigenvalue weighted by Crippen LogP contribution is -2.39. The van der Waals surface area contributed by atoms with Crippen molar-refractivity contribution >= 4 is 0 Å². The van der Waals surface area contributed by atoms with E-state index in [0.717, 1.165) is 39.2 Å². The van der Waals surface area contributed by atoms with Crippen LogP contribution >= 0.6 is 0 Å². The van der Waals surface area contributed by atoms with E-state index in [4.69, 9.17) is 10.00 Å². The van der Waals surface area contributed by atoms with E-state index in [1.54, 1.807) is 7.11 Å². The molecule has 1 unspecified atom stereocenters. The number of methoxy groups -OCH3 is 1. The van der Waals surface area contributed by atoms with Gasteiger partial charge in [0.2, 0.25) is 0 Å². The second kappa shape index (κ2) is 8.51. The van der Waals surface area contributed by atoms with E-state index in [1.807, 2.05) is 0 Å². The van der Waals surface area contributed by atoms with Gasteiger partial charge in [0.15, 0.2) is 0 Å². The fourth-order valence-corrected chi connectivity index (χ4v) is 2.12. The van der Waals surface area contributed by atoms with Gasteiger partial charge in [0.05, 0.1) is 12.7 Å². The Morgan fingerprint density at radius 1 is 1.50 bits per heavy atom. The average Bonchev–Trinajstić information content (AvgIpc) is 2.78. The zero-order valence-corrected chi connectivity index (χ0v) is 10.2. The summed E-state index contributed by atoms with van der Waals surface area (Å²) < 4.78 is 5.12. The topological polar surface area (TPSA) is 48.3 Å². The Bertz CT molecular complexity index is 209. The van der Waals surface area contributed by atoms with Crippen LogP contribution in [-0.2, 0) is 4.74 Å². The van der Waals surface area contributed by atoms with Crippen LogP contribution in [0.15, 0.2) is 0 Å². The van der Waals surface area contributed by atoms with E-state index in [-0.39, 0.29) is 0 Å². The molecule has 1 rings (SSSR count). The fraction of sp³-hybridized carbons (Fsp3) is 0.917. The molecule has 16 heavy (non-hydrogen) atoms. The van der Waals surface area contributed by atoms with Crippen molar-refractivity contribution in [2.45, 2.75) is 31.7 Å². The minimum absolute atomic E-state index is 0.638. The van der Waals surface area contributed by atoms with Gasteiger partial charge in [-0.1, -0.05) is 0 Å². The maximum Gasteiger partial charge on any atom is 0.0622 e. The minimum atomic E-state index is 0.638. The summed E-state index contributed by atoms with van der Waals surface area (Å²) in [4.78, 5) is 2.41. The second-order valence-electron chi connectivity index (χ2n) is 4.35. The molecule has 4 nitrogen and oxygen atoms in total. The number of nitrogens with zero attached hydrogens (tertiary/aromatic N) is 2. The van der Waals surface area contributed by atoms with Crippen molar-refractivity contribution < 1.29 is 4.74 Å². The molecule has 0 aromatic rings. The molecule has 0 radical (unpaired) electrons. The quantitative estimate of drug-likeness (QED) is 0.626. The van der Waals surface area contributed by atoms with Gasteiger partial charge in [-0.05, 0) is 32.4 Å². The van der Waals surface area contributed by atoms with E-state index in [9.17, 15) is 0 Å². The lowest BCUT2D eigenvalue weighted by Gasteiger charge is -2.25. The zero-order chi connectivity index (χ0) is 11.6. The first-order valence-electron chi connectivity index (χ1n) is 6.18. The Morgan fingerprint density at radius 2 is 2.38 bits per heavy atom. The highest BCUT2D eigenvalue weighted by molar-refractivity contribution is 4.78. The average molecular weight is 225 g/mol. The van der Waals surface area contributed by atoms with Gasteiger partial charge in [-0.15, -0.1) is 0 Å². The Hall–Kier alpha value is -0.630. The van der Waals surface area contributed by atoms with Gasteiger partial charge in [0.25, 0.3) is 0 Å². The van der Waals surface area contributed by atoms with Crippen molar-refractivity contribution in [2.75, 3.05) is 39.9 Å². The van der Waals surface area contributed by atoms with Gasteiger partial charge in [-0.25, -0.2) is 0 Å². The largest absolute Gasteiger partial charge is 0.383 e. The van der Waals surface area contributed by atoms with Crippen molar-refractivity contribution in [3.8, 4) is 6.07 Å². The van der Waals surface area contributed by atoms with Crippen LogP contribution in [0.1, 0.15) is 25.7 Å². The summed E-state index contributed by atoms with van der Waals surface area (Å²) in [6.45, 7) is 5.00. The maximum atomic E-state index is 8.53. The Balaban J connectivity index is 2.21. The molecule has 1 aliphatic heterocycles. The standard InChI is InChI=1S/C12H23N3O/c1-16-10-9-15(8-3-2-6-13)11-12-5-4-7-14-12/h12,14H,2-5,7-11H2,1H3. The summed E-state index contributed by atoms with van der Waals surface area (Å²) in [6, 6.07) is 2.84. The lowest BCUT2D eigenvalue weighted by molar-refractivity contribution is 0.141. The molecule has 0 aromatic carbocycles. The first-order valence-corrected chi connectivity index (χ1v) is 6.18. The van der Waals surface area contributed by atoms with E-state index >= 15 is 0 Å². The number of ether oxygens (including phenoxy) is 1. The van der Waals surface area contributed by atoms with Gasteiger partial charge in [-0.2, -0.15) is 5.26 Å². The predicted octanol–water partition coefficient (Wildman–Crippen LogP) is 0.991. The predicted molar refractivity (Wildman–Crippen MR) is 64.2 cm³/mol. The molecular weight excluding hydrogens is 202 g/mol. The molecule has 0 bridgehead atoms. The van der Waals surface area contributed by atoms with Crippen molar-refractivity contribution in [3.63, 3.8) is 0 Å². The van der Waals surface area contributed by atoms with Gasteiger partial charge < -0.3 is 10.1 Å². The number of nitrogens with one attached hydrogen (secondary N) is 1. The highest BCUT2D eigenvalue weighted by Crippen LogP contribution is 2.07. The van der Waals surface area contributed by atoms with Crippen LogP contribution in [0.4, 0.5) is 0 Å². The third-order valence-electron chi connectivity index (χ3n) is 3.02. The Labute approximate surface area is 98.6 Å². The first-order chi connectivity index (χ1) is 7.86. The molecule has 0 aliphatic carbocycles. The molecule has 1 fully saturated rings. The van der Waals surface area contributed by atoms with Crippen LogP contribution in [0, 0.1) is 11.3 Å². The minimum Gasteiger partial charge on any atom is -0.383 e. The molecule has 1 N–H and O–H groups in total. The summed E-state index contributed by atoms with van der Waals surface area (Å²) in [5.41, 5.74) is 0. The Kier molecular flexibility index (Phi) is 7.15. The lowest BCUT2D eigenvalue weighted by atomic mass is 10.2. The molecule has 4 heteroatoms. The fourth-order valence-electron chi connectivity index (χ4n) is 2.12. The normalized spacial score (nSPS) is 20.2. The smallest absolute Gasteiger partial charge is 0.0622 e. The van der Waals surface area contributed by atoms with Crippen LogP contribution in [0.3, 0.4) is 0 Å². The molecule has 0 amide bonds. The summed E-state index contributed by atoms with van der Waals surface area (Å²) in [5.74, 6) is 0. The molecule has 0 saturated carbocycles. The van der Waals surface area contributed by atoms with Crippen LogP contribution in [0.2, 0.25) is 0 Å². The van der Waals surface area contributed by atoms with Crippen LogP contribution in [0.5, 0.6) is 0 Å². The zero-order valence-electron chi connectivity index (χ0n) is 10.2. The van der Waals surface area contributed by atoms with Crippen molar-refractivity contribution in [1.29, 1.82) is 5.26 Å². The van der Waals surface area contributed by atoms with Gasteiger partial charge in [-0.3, -0.25) is 4.90 Å². The van der Waals surface area contributed by atoms with E-state index < -0.39 is 0 Å². The summed E-state index contributed by atoms with van der Waals surface area (Å²) in [5, 5.41) is 12.0. The number of hydrogen-bond donors (Lipinski definition) is 1. The SMILES string of the molecule is COCCN(CCCC#N)CC1CCCN1.